The van der Waals surface area contributed by atoms with Gasteiger partial charge in [0.1, 0.15) is 0 Å². The van der Waals surface area contributed by atoms with Crippen LogP contribution in [0.2, 0.25) is 0 Å². The number of ether oxygens (including phenoxy) is 2. The molecule has 0 aliphatic carbocycles. The topological polar surface area (TPSA) is 38.8 Å². The first-order valence-corrected chi connectivity index (χ1v) is 7.63. The van der Waals surface area contributed by atoms with Crippen molar-refractivity contribution in [2.75, 3.05) is 26.6 Å². The van der Waals surface area contributed by atoms with Crippen molar-refractivity contribution in [1.29, 1.82) is 0 Å². The molecule has 0 aliphatic heterocycles. The van der Waals surface area contributed by atoms with Crippen molar-refractivity contribution in [1.82, 2.24) is 4.90 Å². The van der Waals surface area contributed by atoms with Crippen LogP contribution in [0, 0.1) is 0 Å². The summed E-state index contributed by atoms with van der Waals surface area (Å²) in [5.74, 6) is 1.96. The molecule has 0 saturated carbocycles. The van der Waals surface area contributed by atoms with Gasteiger partial charge in [0.15, 0.2) is 11.5 Å². The molecule has 0 atom stereocenters. The van der Waals surface area contributed by atoms with Gasteiger partial charge in [-0.1, -0.05) is 6.07 Å². The third kappa shape index (κ3) is 5.12. The van der Waals surface area contributed by atoms with Gasteiger partial charge in [0.25, 0.3) is 0 Å². The Hall–Kier alpha value is -1.42. The Labute approximate surface area is 132 Å². The quantitative estimate of drug-likeness (QED) is 0.692. The van der Waals surface area contributed by atoms with Crippen molar-refractivity contribution in [3.63, 3.8) is 0 Å². The summed E-state index contributed by atoms with van der Waals surface area (Å²) in [6, 6.07) is 5.72. The van der Waals surface area contributed by atoms with E-state index in [2.05, 4.69) is 0 Å². The summed E-state index contributed by atoms with van der Waals surface area (Å²) < 4.78 is 10.5. The molecule has 4 nitrogen and oxygen atoms in total. The van der Waals surface area contributed by atoms with Gasteiger partial charge in [0, 0.05) is 18.5 Å². The molecule has 5 heteroatoms. The van der Waals surface area contributed by atoms with Gasteiger partial charge in [-0.15, -0.1) is 11.6 Å². The Kier molecular flexibility index (Phi) is 7.37. The monoisotopic (exact) mass is 313 g/mol. The lowest BCUT2D eigenvalue weighted by atomic mass is 10.1. The van der Waals surface area contributed by atoms with Crippen molar-refractivity contribution in [2.45, 2.75) is 32.7 Å². The Morgan fingerprint density at radius 2 is 1.90 bits per heavy atom. The zero-order valence-corrected chi connectivity index (χ0v) is 13.9. The smallest absolute Gasteiger partial charge is 0.227 e. The summed E-state index contributed by atoms with van der Waals surface area (Å²) in [5.41, 5.74) is 0.911. The number of benzene rings is 1. The number of carbonyl (C=O) groups excluding carboxylic acids is 1. The summed E-state index contributed by atoms with van der Waals surface area (Å²) in [7, 11) is 3.18. The van der Waals surface area contributed by atoms with Crippen LogP contribution in [0.1, 0.15) is 25.8 Å². The number of alkyl halides is 1. The Bertz CT molecular complexity index is 463. The van der Waals surface area contributed by atoms with E-state index in [1.54, 1.807) is 14.2 Å². The van der Waals surface area contributed by atoms with E-state index in [0.717, 1.165) is 12.0 Å². The van der Waals surface area contributed by atoms with Gasteiger partial charge >= 0.3 is 0 Å². The van der Waals surface area contributed by atoms with Crippen LogP contribution in [0.15, 0.2) is 18.2 Å². The molecular formula is C16H24ClNO3. The zero-order valence-electron chi connectivity index (χ0n) is 13.2. The summed E-state index contributed by atoms with van der Waals surface area (Å²) in [5, 5.41) is 0. The van der Waals surface area contributed by atoms with Gasteiger partial charge in [0.05, 0.1) is 20.6 Å². The molecule has 0 heterocycles. The predicted molar refractivity (Wildman–Crippen MR) is 85.4 cm³/mol. The molecular weight excluding hydrogens is 290 g/mol. The lowest BCUT2D eigenvalue weighted by Gasteiger charge is -2.26. The van der Waals surface area contributed by atoms with Crippen molar-refractivity contribution < 1.29 is 14.3 Å². The van der Waals surface area contributed by atoms with Crippen molar-refractivity contribution in [3.8, 4) is 11.5 Å². The second-order valence-electron chi connectivity index (χ2n) is 5.09. The number of nitrogens with zero attached hydrogens (tertiary/aromatic N) is 1. The van der Waals surface area contributed by atoms with E-state index in [-0.39, 0.29) is 11.9 Å². The summed E-state index contributed by atoms with van der Waals surface area (Å²) >= 11 is 5.72. The van der Waals surface area contributed by atoms with Crippen LogP contribution < -0.4 is 9.47 Å². The summed E-state index contributed by atoms with van der Waals surface area (Å²) in [6.45, 7) is 4.72. The molecule has 0 N–H and O–H groups in total. The number of hydrogen-bond acceptors (Lipinski definition) is 3. The van der Waals surface area contributed by atoms with Gasteiger partial charge in [-0.3, -0.25) is 4.79 Å². The first-order chi connectivity index (χ1) is 10.0. The van der Waals surface area contributed by atoms with Gasteiger partial charge in [-0.05, 0) is 38.0 Å². The SMILES string of the molecule is COc1ccc(CC(=O)N(CCCCl)C(C)C)cc1OC. The van der Waals surface area contributed by atoms with Crippen molar-refractivity contribution in [2.24, 2.45) is 0 Å². The van der Waals surface area contributed by atoms with E-state index >= 15 is 0 Å². The van der Waals surface area contributed by atoms with Crippen LogP contribution in [0.5, 0.6) is 11.5 Å². The minimum absolute atomic E-state index is 0.0994. The molecule has 0 spiro atoms. The first-order valence-electron chi connectivity index (χ1n) is 7.09. The molecule has 0 unspecified atom stereocenters. The Morgan fingerprint density at radius 1 is 1.24 bits per heavy atom. The molecule has 0 fully saturated rings. The van der Waals surface area contributed by atoms with E-state index in [0.29, 0.717) is 30.3 Å². The molecule has 118 valence electrons. The maximum atomic E-state index is 12.4. The minimum atomic E-state index is 0.0994. The average molecular weight is 314 g/mol. The second kappa shape index (κ2) is 8.78. The number of rotatable bonds is 8. The molecule has 1 aromatic rings. The van der Waals surface area contributed by atoms with Gasteiger partial charge in [0.2, 0.25) is 5.91 Å². The Balaban J connectivity index is 2.80. The lowest BCUT2D eigenvalue weighted by Crippen LogP contribution is -2.38. The van der Waals surface area contributed by atoms with Crippen LogP contribution in [-0.4, -0.2) is 43.5 Å². The maximum Gasteiger partial charge on any atom is 0.227 e. The number of carbonyl (C=O) groups is 1. The van der Waals surface area contributed by atoms with E-state index < -0.39 is 0 Å². The fourth-order valence-corrected chi connectivity index (χ4v) is 2.29. The molecule has 1 rings (SSSR count). The molecule has 0 radical (unpaired) electrons. The van der Waals surface area contributed by atoms with Gasteiger partial charge < -0.3 is 14.4 Å². The average Bonchev–Trinajstić information content (AvgIpc) is 2.47. The molecule has 1 amide bonds. The van der Waals surface area contributed by atoms with E-state index in [4.69, 9.17) is 21.1 Å². The highest BCUT2D eigenvalue weighted by atomic mass is 35.5. The molecule has 0 saturated heterocycles. The standard InChI is InChI=1S/C16H24ClNO3/c1-12(2)18(9-5-8-17)16(19)11-13-6-7-14(20-3)15(10-13)21-4/h6-7,10,12H,5,8-9,11H2,1-4H3. The highest BCUT2D eigenvalue weighted by molar-refractivity contribution is 6.17. The number of amides is 1. The van der Waals surface area contributed by atoms with Gasteiger partial charge in [-0.2, -0.15) is 0 Å². The number of halogens is 1. The van der Waals surface area contributed by atoms with Crippen LogP contribution >= 0.6 is 11.6 Å². The highest BCUT2D eigenvalue weighted by Gasteiger charge is 2.17. The molecule has 1 aromatic carbocycles. The number of hydrogen-bond donors (Lipinski definition) is 0. The van der Waals surface area contributed by atoms with Crippen LogP contribution in [0.25, 0.3) is 0 Å². The van der Waals surface area contributed by atoms with Crippen LogP contribution in [0.4, 0.5) is 0 Å². The molecule has 0 aliphatic rings. The maximum absolute atomic E-state index is 12.4. The van der Waals surface area contributed by atoms with E-state index in [1.807, 2.05) is 36.9 Å². The molecule has 0 bridgehead atoms. The third-order valence-corrected chi connectivity index (χ3v) is 3.55. The fourth-order valence-electron chi connectivity index (χ4n) is 2.17. The fraction of sp³-hybridized carbons (Fsp3) is 0.562. The summed E-state index contributed by atoms with van der Waals surface area (Å²) in [6.07, 6.45) is 1.15. The van der Waals surface area contributed by atoms with Crippen LogP contribution in [-0.2, 0) is 11.2 Å². The Morgan fingerprint density at radius 3 is 2.43 bits per heavy atom. The van der Waals surface area contributed by atoms with Crippen LogP contribution in [0.3, 0.4) is 0 Å². The first kappa shape index (κ1) is 17.6. The van der Waals surface area contributed by atoms with Crippen molar-refractivity contribution in [3.05, 3.63) is 23.8 Å². The third-order valence-electron chi connectivity index (χ3n) is 3.28. The van der Waals surface area contributed by atoms with E-state index in [9.17, 15) is 4.79 Å². The summed E-state index contributed by atoms with van der Waals surface area (Å²) in [4.78, 5) is 14.3. The predicted octanol–water partition coefficient (Wildman–Crippen LogP) is 3.11. The number of methoxy groups -OCH3 is 2. The zero-order chi connectivity index (χ0) is 15.8. The normalized spacial score (nSPS) is 10.6. The molecule has 21 heavy (non-hydrogen) atoms. The lowest BCUT2D eigenvalue weighted by molar-refractivity contribution is -0.132. The van der Waals surface area contributed by atoms with Crippen molar-refractivity contribution >= 4 is 17.5 Å². The minimum Gasteiger partial charge on any atom is -0.493 e. The largest absolute Gasteiger partial charge is 0.493 e. The molecule has 0 aromatic heterocycles. The highest BCUT2D eigenvalue weighted by Crippen LogP contribution is 2.27. The van der Waals surface area contributed by atoms with Gasteiger partial charge in [-0.25, -0.2) is 0 Å². The van der Waals surface area contributed by atoms with E-state index in [1.165, 1.54) is 0 Å². The second-order valence-corrected chi connectivity index (χ2v) is 5.47.